The van der Waals surface area contributed by atoms with E-state index in [1.807, 2.05) is 111 Å². The molecular formula is C38H33N3O3S. The largest absolute Gasteiger partial charge is 0.325 e. The van der Waals surface area contributed by atoms with Crippen molar-refractivity contribution in [2.75, 3.05) is 10.6 Å². The first kappa shape index (κ1) is 31.0. The molecule has 45 heavy (non-hydrogen) atoms. The van der Waals surface area contributed by atoms with E-state index in [0.717, 1.165) is 32.8 Å². The highest BCUT2D eigenvalue weighted by Crippen LogP contribution is 2.26. The fourth-order valence-corrected chi connectivity index (χ4v) is 5.42. The molecule has 224 valence electrons. The lowest BCUT2D eigenvalue weighted by atomic mass is 10.0. The van der Waals surface area contributed by atoms with E-state index < -0.39 is 5.91 Å². The van der Waals surface area contributed by atoms with Crippen molar-refractivity contribution >= 4 is 46.9 Å². The summed E-state index contributed by atoms with van der Waals surface area (Å²) in [6.07, 6.45) is 1.66. The third-order valence-corrected chi connectivity index (χ3v) is 8.05. The zero-order valence-electron chi connectivity index (χ0n) is 25.0. The van der Waals surface area contributed by atoms with E-state index >= 15 is 0 Å². The van der Waals surface area contributed by atoms with E-state index in [2.05, 4.69) is 16.0 Å². The summed E-state index contributed by atoms with van der Waals surface area (Å²) in [5.41, 5.74) is 5.84. The number of carbonyl (C=O) groups is 3. The van der Waals surface area contributed by atoms with Crippen molar-refractivity contribution in [3.8, 4) is 11.1 Å². The van der Waals surface area contributed by atoms with E-state index in [0.29, 0.717) is 11.3 Å². The Morgan fingerprint density at radius 3 is 1.98 bits per heavy atom. The number of rotatable bonds is 10. The predicted octanol–water partition coefficient (Wildman–Crippen LogP) is 8.19. The van der Waals surface area contributed by atoms with Crippen LogP contribution in [0.15, 0.2) is 144 Å². The van der Waals surface area contributed by atoms with Gasteiger partial charge >= 0.3 is 0 Å². The Kier molecular flexibility index (Phi) is 10.2. The first-order valence-electron chi connectivity index (χ1n) is 14.5. The zero-order valence-corrected chi connectivity index (χ0v) is 25.8. The lowest BCUT2D eigenvalue weighted by molar-refractivity contribution is -0.115. The van der Waals surface area contributed by atoms with E-state index in [1.54, 1.807) is 42.5 Å². The van der Waals surface area contributed by atoms with Crippen molar-refractivity contribution in [3.05, 3.63) is 156 Å². The summed E-state index contributed by atoms with van der Waals surface area (Å²) >= 11 is 1.42. The van der Waals surface area contributed by atoms with Crippen LogP contribution in [0.5, 0.6) is 0 Å². The summed E-state index contributed by atoms with van der Waals surface area (Å²) in [7, 11) is 0. The summed E-state index contributed by atoms with van der Waals surface area (Å²) in [4.78, 5) is 40.1. The summed E-state index contributed by atoms with van der Waals surface area (Å²) < 4.78 is 0. The van der Waals surface area contributed by atoms with Crippen molar-refractivity contribution in [2.24, 2.45) is 0 Å². The highest BCUT2D eigenvalue weighted by atomic mass is 32.2. The summed E-state index contributed by atoms with van der Waals surface area (Å²) in [5.74, 6) is -0.941. The molecule has 5 aromatic carbocycles. The second kappa shape index (κ2) is 14.9. The average molecular weight is 612 g/mol. The van der Waals surface area contributed by atoms with Crippen molar-refractivity contribution in [3.63, 3.8) is 0 Å². The second-order valence-electron chi connectivity index (χ2n) is 10.5. The van der Waals surface area contributed by atoms with Gasteiger partial charge in [0.1, 0.15) is 5.70 Å². The number of carbonyl (C=O) groups excluding carboxylic acids is 3. The van der Waals surface area contributed by atoms with Gasteiger partial charge in [0.25, 0.3) is 11.8 Å². The Bertz CT molecular complexity index is 1800. The lowest BCUT2D eigenvalue weighted by Crippen LogP contribution is -2.30. The molecule has 3 N–H and O–H groups in total. The highest BCUT2D eigenvalue weighted by Gasteiger charge is 2.17. The van der Waals surface area contributed by atoms with Gasteiger partial charge in [0.2, 0.25) is 5.91 Å². The van der Waals surface area contributed by atoms with Crippen LogP contribution >= 0.6 is 11.8 Å². The maximum atomic E-state index is 13.5. The van der Waals surface area contributed by atoms with Gasteiger partial charge < -0.3 is 16.0 Å². The Balaban J connectivity index is 1.28. The van der Waals surface area contributed by atoms with Crippen molar-refractivity contribution < 1.29 is 14.4 Å². The van der Waals surface area contributed by atoms with Gasteiger partial charge in [-0.25, -0.2) is 0 Å². The maximum Gasteiger partial charge on any atom is 0.272 e. The minimum absolute atomic E-state index is 0.0938. The number of thioether (sulfide) groups is 1. The molecule has 0 spiro atoms. The van der Waals surface area contributed by atoms with Crippen LogP contribution in [0.3, 0.4) is 0 Å². The molecule has 1 unspecified atom stereocenters. The molecule has 0 radical (unpaired) electrons. The molecule has 0 aromatic heterocycles. The number of hydrogen-bond donors (Lipinski definition) is 3. The van der Waals surface area contributed by atoms with E-state index in [-0.39, 0.29) is 22.8 Å². The minimum atomic E-state index is -0.460. The molecule has 0 bridgehead atoms. The van der Waals surface area contributed by atoms with E-state index in [1.165, 1.54) is 11.8 Å². The zero-order chi connectivity index (χ0) is 31.6. The van der Waals surface area contributed by atoms with Crippen LogP contribution in [0.2, 0.25) is 0 Å². The minimum Gasteiger partial charge on any atom is -0.325 e. The standard InChI is InChI=1S/C38H33N3O3S/c1-26-10-9-15-33(24-26)40-36(42)27(2)45-34-22-20-32(21-23-34)39-38(44)35(41-37(43)31-13-7-4-8-14-31)25-28-16-18-30(19-17-28)29-11-5-3-6-12-29/h3-25,27H,1-2H3,(H,39,44)(H,40,42)(H,41,43)/b35-25-. The molecule has 5 aromatic rings. The molecule has 0 saturated carbocycles. The molecule has 0 fully saturated rings. The molecule has 0 aliphatic heterocycles. The average Bonchev–Trinajstić information content (AvgIpc) is 3.06. The Morgan fingerprint density at radius 1 is 0.667 bits per heavy atom. The number of aryl methyl sites for hydroxylation is 1. The third-order valence-electron chi connectivity index (χ3n) is 6.94. The highest BCUT2D eigenvalue weighted by molar-refractivity contribution is 8.00. The van der Waals surface area contributed by atoms with Gasteiger partial charge in [-0.3, -0.25) is 14.4 Å². The molecule has 1 atom stereocenters. The maximum absolute atomic E-state index is 13.5. The lowest BCUT2D eigenvalue weighted by Gasteiger charge is -2.14. The fourth-order valence-electron chi connectivity index (χ4n) is 4.55. The Morgan fingerprint density at radius 2 is 1.31 bits per heavy atom. The van der Waals surface area contributed by atoms with Crippen LogP contribution < -0.4 is 16.0 Å². The molecule has 0 aliphatic rings. The first-order chi connectivity index (χ1) is 21.8. The van der Waals surface area contributed by atoms with Crippen LogP contribution in [-0.4, -0.2) is 23.0 Å². The Hall–Kier alpha value is -5.40. The van der Waals surface area contributed by atoms with Gasteiger partial charge in [0.05, 0.1) is 5.25 Å². The molecule has 5 rings (SSSR count). The molecule has 7 heteroatoms. The summed E-state index contributed by atoms with van der Waals surface area (Å²) in [6, 6.07) is 41.5. The predicted molar refractivity (Wildman–Crippen MR) is 184 cm³/mol. The van der Waals surface area contributed by atoms with Gasteiger partial charge in [-0.1, -0.05) is 84.9 Å². The molecule has 0 saturated heterocycles. The SMILES string of the molecule is Cc1cccc(NC(=O)C(C)Sc2ccc(NC(=O)/C(=C/c3ccc(-c4ccccc4)cc3)NC(=O)c3ccccc3)cc2)c1. The Labute approximate surface area is 267 Å². The number of anilines is 2. The molecule has 0 aliphatic carbocycles. The first-order valence-corrected chi connectivity index (χ1v) is 15.4. The van der Waals surface area contributed by atoms with Gasteiger partial charge in [0.15, 0.2) is 0 Å². The van der Waals surface area contributed by atoms with E-state index in [4.69, 9.17) is 0 Å². The second-order valence-corrected chi connectivity index (χ2v) is 11.9. The molecule has 3 amide bonds. The number of hydrogen-bond acceptors (Lipinski definition) is 4. The number of benzene rings is 5. The fraction of sp³-hybridized carbons (Fsp3) is 0.0789. The normalized spacial score (nSPS) is 11.7. The summed E-state index contributed by atoms with van der Waals surface area (Å²) in [5, 5.41) is 8.29. The van der Waals surface area contributed by atoms with Crippen LogP contribution in [0.4, 0.5) is 11.4 Å². The number of nitrogens with one attached hydrogen (secondary N) is 3. The van der Waals surface area contributed by atoms with Crippen LogP contribution in [-0.2, 0) is 9.59 Å². The van der Waals surface area contributed by atoms with Gasteiger partial charge in [-0.05, 0) is 90.7 Å². The van der Waals surface area contributed by atoms with Crippen LogP contribution in [0.1, 0.15) is 28.4 Å². The van der Waals surface area contributed by atoms with E-state index in [9.17, 15) is 14.4 Å². The van der Waals surface area contributed by atoms with Gasteiger partial charge in [-0.15, -0.1) is 11.8 Å². The van der Waals surface area contributed by atoms with Crippen LogP contribution in [0.25, 0.3) is 17.2 Å². The topological polar surface area (TPSA) is 87.3 Å². The number of amides is 3. The molecule has 6 nitrogen and oxygen atoms in total. The van der Waals surface area contributed by atoms with Crippen LogP contribution in [0, 0.1) is 6.92 Å². The summed E-state index contributed by atoms with van der Waals surface area (Å²) in [6.45, 7) is 3.83. The van der Waals surface area contributed by atoms with Gasteiger partial charge in [-0.2, -0.15) is 0 Å². The smallest absolute Gasteiger partial charge is 0.272 e. The van der Waals surface area contributed by atoms with Gasteiger partial charge in [0, 0.05) is 21.8 Å². The molecular weight excluding hydrogens is 579 g/mol. The molecule has 0 heterocycles. The van der Waals surface area contributed by atoms with Crippen molar-refractivity contribution in [1.29, 1.82) is 0 Å². The quantitative estimate of drug-likeness (QED) is 0.110. The van der Waals surface area contributed by atoms with Crippen molar-refractivity contribution in [2.45, 2.75) is 24.0 Å². The monoisotopic (exact) mass is 611 g/mol. The third kappa shape index (κ3) is 8.81. The van der Waals surface area contributed by atoms with Crippen molar-refractivity contribution in [1.82, 2.24) is 5.32 Å².